The van der Waals surface area contributed by atoms with Gasteiger partial charge in [0, 0.05) is 23.2 Å². The summed E-state index contributed by atoms with van der Waals surface area (Å²) in [6, 6.07) is 15.0. The van der Waals surface area contributed by atoms with E-state index in [1.807, 2.05) is 48.7 Å². The van der Waals surface area contributed by atoms with Crippen LogP contribution < -0.4 is 5.48 Å². The maximum absolute atomic E-state index is 14.2. The summed E-state index contributed by atoms with van der Waals surface area (Å²) in [7, 11) is 0. The fourth-order valence-corrected chi connectivity index (χ4v) is 3.43. The second-order valence-electron chi connectivity index (χ2n) is 7.07. The zero-order valence-corrected chi connectivity index (χ0v) is 16.4. The van der Waals surface area contributed by atoms with Crippen molar-refractivity contribution in [1.29, 1.82) is 0 Å². The Morgan fingerprint density at radius 3 is 2.68 bits per heavy atom. The molecule has 156 valence electrons. The number of halogens is 2. The lowest BCUT2D eigenvalue weighted by Crippen LogP contribution is -2.19. The third-order valence-corrected chi connectivity index (χ3v) is 4.98. The molecule has 7 heteroatoms. The van der Waals surface area contributed by atoms with E-state index in [2.05, 4.69) is 4.98 Å². The lowest BCUT2D eigenvalue weighted by atomic mass is 10.1. The first kappa shape index (κ1) is 20.4. The van der Waals surface area contributed by atoms with Crippen LogP contribution in [0.4, 0.5) is 8.78 Å². The molecule has 4 aromatic rings. The van der Waals surface area contributed by atoms with Crippen LogP contribution in [0.3, 0.4) is 0 Å². The number of allylic oxidation sites excluding steroid dienone is 1. The van der Waals surface area contributed by atoms with Crippen LogP contribution in [-0.2, 0) is 13.0 Å². The van der Waals surface area contributed by atoms with Crippen LogP contribution in [0.5, 0.6) is 0 Å². The third kappa shape index (κ3) is 4.51. The quantitative estimate of drug-likeness (QED) is 0.351. The predicted molar refractivity (Wildman–Crippen MR) is 114 cm³/mol. The summed E-state index contributed by atoms with van der Waals surface area (Å²) in [5, 5.41) is 9.64. The third-order valence-electron chi connectivity index (χ3n) is 4.98. The Bertz CT molecular complexity index is 1270. The number of nitrogens with zero attached hydrogens (tertiary/aromatic N) is 2. The first-order valence-electron chi connectivity index (χ1n) is 9.63. The molecular weight excluding hydrogens is 400 g/mol. The number of amides is 1. The molecule has 0 unspecified atom stereocenters. The van der Waals surface area contributed by atoms with E-state index >= 15 is 0 Å². The first-order chi connectivity index (χ1) is 15.0. The summed E-state index contributed by atoms with van der Waals surface area (Å²) in [6.07, 6.45) is 7.97. The van der Waals surface area contributed by atoms with Gasteiger partial charge in [0.15, 0.2) is 0 Å². The standard InChI is InChI=1S/C24H19F2N3O2/c25-19-10-9-18(21(26)11-19)15-29-14-17(8-4-7-16-5-2-1-3-6-16)20-12-22(24(30)28-31)27-13-23(20)29/h1-6,8-14,31H,7,15H2,(H,28,30). The molecule has 2 heterocycles. The van der Waals surface area contributed by atoms with Crippen molar-refractivity contribution in [3.63, 3.8) is 0 Å². The lowest BCUT2D eigenvalue weighted by Gasteiger charge is -2.07. The summed E-state index contributed by atoms with van der Waals surface area (Å²) >= 11 is 0. The molecule has 4 rings (SSSR count). The van der Waals surface area contributed by atoms with Crippen LogP contribution in [0.2, 0.25) is 0 Å². The molecular formula is C24H19F2N3O2. The van der Waals surface area contributed by atoms with E-state index in [4.69, 9.17) is 5.21 Å². The Morgan fingerprint density at radius 1 is 1.13 bits per heavy atom. The molecule has 2 N–H and O–H groups in total. The second-order valence-corrected chi connectivity index (χ2v) is 7.07. The summed E-state index contributed by atoms with van der Waals surface area (Å²) in [6.45, 7) is 0.169. The topological polar surface area (TPSA) is 67.2 Å². The minimum absolute atomic E-state index is 0.0541. The number of carbonyl (C=O) groups is 1. The minimum Gasteiger partial charge on any atom is -0.341 e. The van der Waals surface area contributed by atoms with E-state index in [0.717, 1.165) is 29.0 Å². The molecule has 0 saturated heterocycles. The SMILES string of the molecule is O=C(NO)c1cc2c(C=CCc3ccccc3)cn(Cc3ccc(F)cc3F)c2cn1. The van der Waals surface area contributed by atoms with Crippen LogP contribution in [-0.4, -0.2) is 20.7 Å². The smallest absolute Gasteiger partial charge is 0.293 e. The van der Waals surface area contributed by atoms with Gasteiger partial charge < -0.3 is 4.57 Å². The highest BCUT2D eigenvalue weighted by molar-refractivity contribution is 5.97. The number of hydrogen-bond acceptors (Lipinski definition) is 3. The highest BCUT2D eigenvalue weighted by atomic mass is 19.1. The van der Waals surface area contributed by atoms with E-state index in [1.54, 1.807) is 16.1 Å². The average molecular weight is 419 g/mol. The van der Waals surface area contributed by atoms with Crippen LogP contribution in [0.1, 0.15) is 27.2 Å². The summed E-state index contributed by atoms with van der Waals surface area (Å²) in [5.74, 6) is -1.99. The molecule has 5 nitrogen and oxygen atoms in total. The molecule has 0 bridgehead atoms. The largest absolute Gasteiger partial charge is 0.341 e. The van der Waals surface area contributed by atoms with E-state index in [9.17, 15) is 13.6 Å². The maximum Gasteiger partial charge on any atom is 0.293 e. The number of fused-ring (bicyclic) bond motifs is 1. The Balaban J connectivity index is 1.73. The number of benzene rings is 2. The van der Waals surface area contributed by atoms with Crippen molar-refractivity contribution in [3.05, 3.63) is 107 Å². The van der Waals surface area contributed by atoms with Gasteiger partial charge in [0.05, 0.1) is 18.3 Å². The number of rotatable bonds is 6. The monoisotopic (exact) mass is 419 g/mol. The van der Waals surface area contributed by atoms with Crippen molar-refractivity contribution in [1.82, 2.24) is 15.0 Å². The highest BCUT2D eigenvalue weighted by Gasteiger charge is 2.14. The van der Waals surface area contributed by atoms with Crippen molar-refractivity contribution < 1.29 is 18.8 Å². The molecule has 0 aliphatic rings. The van der Waals surface area contributed by atoms with Crippen molar-refractivity contribution in [2.24, 2.45) is 0 Å². The fraction of sp³-hybridized carbons (Fsp3) is 0.0833. The Hall–Kier alpha value is -3.84. The Labute approximate surface area is 177 Å². The number of nitrogens with one attached hydrogen (secondary N) is 1. The molecule has 2 aromatic carbocycles. The van der Waals surface area contributed by atoms with Crippen LogP contribution in [0.15, 0.2) is 73.1 Å². The lowest BCUT2D eigenvalue weighted by molar-refractivity contribution is 0.0701. The number of carbonyl (C=O) groups excluding carboxylic acids is 1. The van der Waals surface area contributed by atoms with Crippen molar-refractivity contribution in [2.45, 2.75) is 13.0 Å². The average Bonchev–Trinajstić information content (AvgIpc) is 3.12. The number of aromatic nitrogens is 2. The van der Waals surface area contributed by atoms with E-state index in [1.165, 1.54) is 18.3 Å². The molecule has 0 spiro atoms. The fourth-order valence-electron chi connectivity index (χ4n) is 3.43. The minimum atomic E-state index is -0.724. The van der Waals surface area contributed by atoms with Gasteiger partial charge in [-0.3, -0.25) is 10.0 Å². The van der Waals surface area contributed by atoms with Crippen LogP contribution in [0.25, 0.3) is 17.0 Å². The number of hydroxylamine groups is 1. The van der Waals surface area contributed by atoms with Crippen molar-refractivity contribution in [3.8, 4) is 0 Å². The van der Waals surface area contributed by atoms with Gasteiger partial charge >= 0.3 is 0 Å². The molecule has 2 aromatic heterocycles. The molecule has 0 fully saturated rings. The zero-order valence-electron chi connectivity index (χ0n) is 16.4. The van der Waals surface area contributed by atoms with Gasteiger partial charge in [0.25, 0.3) is 5.91 Å². The summed E-state index contributed by atoms with van der Waals surface area (Å²) < 4.78 is 29.2. The van der Waals surface area contributed by atoms with Gasteiger partial charge in [-0.15, -0.1) is 0 Å². The Kier molecular flexibility index (Phi) is 5.86. The van der Waals surface area contributed by atoms with E-state index in [-0.39, 0.29) is 12.2 Å². The summed E-state index contributed by atoms with van der Waals surface area (Å²) in [5.41, 5.74) is 4.60. The van der Waals surface area contributed by atoms with Crippen LogP contribution >= 0.6 is 0 Å². The van der Waals surface area contributed by atoms with E-state index in [0.29, 0.717) is 11.1 Å². The Morgan fingerprint density at radius 2 is 1.94 bits per heavy atom. The van der Waals surface area contributed by atoms with Crippen LogP contribution in [0, 0.1) is 11.6 Å². The van der Waals surface area contributed by atoms with Gasteiger partial charge in [-0.2, -0.15) is 0 Å². The van der Waals surface area contributed by atoms with Gasteiger partial charge in [0.1, 0.15) is 17.3 Å². The molecule has 0 aliphatic carbocycles. The van der Waals surface area contributed by atoms with Gasteiger partial charge in [0.2, 0.25) is 0 Å². The highest BCUT2D eigenvalue weighted by Crippen LogP contribution is 2.25. The number of hydrogen-bond donors (Lipinski definition) is 2. The first-order valence-corrected chi connectivity index (χ1v) is 9.63. The molecule has 1 amide bonds. The predicted octanol–water partition coefficient (Wildman–Crippen LogP) is 4.74. The molecule has 31 heavy (non-hydrogen) atoms. The molecule has 0 saturated carbocycles. The molecule has 0 radical (unpaired) electrons. The van der Waals surface area contributed by atoms with Gasteiger partial charge in [-0.25, -0.2) is 19.2 Å². The maximum atomic E-state index is 14.2. The van der Waals surface area contributed by atoms with Crippen molar-refractivity contribution in [2.75, 3.05) is 0 Å². The van der Waals surface area contributed by atoms with Gasteiger partial charge in [-0.05, 0) is 29.7 Å². The van der Waals surface area contributed by atoms with Gasteiger partial charge in [-0.1, -0.05) is 48.6 Å². The van der Waals surface area contributed by atoms with Crippen molar-refractivity contribution >= 4 is 22.9 Å². The molecule has 0 aliphatic heterocycles. The second kappa shape index (κ2) is 8.89. The number of pyridine rings is 1. The van der Waals surface area contributed by atoms with E-state index < -0.39 is 17.5 Å². The molecule has 0 atom stereocenters. The zero-order chi connectivity index (χ0) is 21.8. The normalized spacial score (nSPS) is 11.3. The summed E-state index contributed by atoms with van der Waals surface area (Å²) in [4.78, 5) is 15.9.